The molecule has 0 radical (unpaired) electrons. The van der Waals surface area contributed by atoms with Gasteiger partial charge in [0.05, 0.1) is 18.8 Å². The first-order valence-corrected chi connectivity index (χ1v) is 13.0. The molecule has 0 bridgehead atoms. The average molecular weight is 538 g/mol. The maximum atomic E-state index is 12.4. The van der Waals surface area contributed by atoms with Crippen molar-refractivity contribution in [1.82, 2.24) is 4.90 Å². The van der Waals surface area contributed by atoms with Gasteiger partial charge in [0.1, 0.15) is 5.75 Å². The number of hydrogen-bond donors (Lipinski definition) is 1. The van der Waals surface area contributed by atoms with Crippen molar-refractivity contribution in [1.29, 1.82) is 0 Å². The van der Waals surface area contributed by atoms with Gasteiger partial charge in [-0.25, -0.2) is 4.79 Å². The second-order valence-corrected chi connectivity index (χ2v) is 10.1. The van der Waals surface area contributed by atoms with Gasteiger partial charge in [-0.15, -0.1) is 0 Å². The summed E-state index contributed by atoms with van der Waals surface area (Å²) in [5.41, 5.74) is 7.23. The fourth-order valence-corrected chi connectivity index (χ4v) is 5.43. The number of carboxylic acids is 1. The first-order valence-electron chi connectivity index (χ1n) is 12.2. The highest BCUT2D eigenvalue weighted by atomic mass is 35.5. The molecule has 0 unspecified atom stereocenters. The predicted molar refractivity (Wildman–Crippen MR) is 147 cm³/mol. The zero-order chi connectivity index (χ0) is 25.9. The second-order valence-electron chi connectivity index (χ2n) is 9.27. The molecule has 2 aliphatic rings. The summed E-state index contributed by atoms with van der Waals surface area (Å²) in [5.74, 6) is -0.470. The Kier molecular flexibility index (Phi) is 7.65. The largest absolute Gasteiger partial charge is 0.493 e. The standard InChI is InChI=1S/C30H26Cl2FNO3/c31-23-7-9-24(27(32)16-23)25-10-13-37-28-15-22(30(35)36)6-8-26(28)29(25)21-4-2-19(3-5-21)14-20-17-34(18-20)12-1-11-33/h2-9,14-16H,1,10-13,17-18H2,(H,35,36). The van der Waals surface area contributed by atoms with E-state index in [9.17, 15) is 14.3 Å². The summed E-state index contributed by atoms with van der Waals surface area (Å²) in [5, 5.41) is 10.6. The number of benzene rings is 3. The number of rotatable bonds is 7. The smallest absolute Gasteiger partial charge is 0.335 e. The molecule has 0 saturated carbocycles. The van der Waals surface area contributed by atoms with Crippen molar-refractivity contribution in [3.8, 4) is 5.75 Å². The third kappa shape index (κ3) is 5.59. The van der Waals surface area contributed by atoms with E-state index >= 15 is 0 Å². The van der Waals surface area contributed by atoms with Crippen LogP contribution >= 0.6 is 23.2 Å². The summed E-state index contributed by atoms with van der Waals surface area (Å²) >= 11 is 12.8. The van der Waals surface area contributed by atoms with Gasteiger partial charge in [0.25, 0.3) is 0 Å². The number of nitrogens with zero attached hydrogens (tertiary/aromatic N) is 1. The molecule has 1 saturated heterocycles. The minimum Gasteiger partial charge on any atom is -0.493 e. The number of fused-ring (bicyclic) bond motifs is 1. The lowest BCUT2D eigenvalue weighted by molar-refractivity contribution is 0.0696. The number of aromatic carboxylic acids is 1. The van der Waals surface area contributed by atoms with Crippen molar-refractivity contribution in [3.05, 3.63) is 104 Å². The van der Waals surface area contributed by atoms with E-state index in [-0.39, 0.29) is 12.2 Å². The second kappa shape index (κ2) is 11.1. The Morgan fingerprint density at radius 3 is 2.49 bits per heavy atom. The molecular formula is C30H26Cl2FNO3. The van der Waals surface area contributed by atoms with Crippen molar-refractivity contribution < 1.29 is 19.0 Å². The van der Waals surface area contributed by atoms with E-state index in [0.29, 0.717) is 35.2 Å². The number of carboxylic acid groups (broad SMARTS) is 1. The van der Waals surface area contributed by atoms with Gasteiger partial charge >= 0.3 is 5.97 Å². The van der Waals surface area contributed by atoms with Crippen LogP contribution in [-0.2, 0) is 0 Å². The molecule has 0 amide bonds. The van der Waals surface area contributed by atoms with Gasteiger partial charge in [0.15, 0.2) is 0 Å². The highest BCUT2D eigenvalue weighted by molar-refractivity contribution is 6.36. The molecule has 5 rings (SSSR count). The Bertz CT molecular complexity index is 1390. The molecule has 7 heteroatoms. The molecule has 1 fully saturated rings. The number of likely N-dealkylation sites (tertiary alicyclic amines) is 1. The van der Waals surface area contributed by atoms with Gasteiger partial charge in [-0.2, -0.15) is 0 Å². The van der Waals surface area contributed by atoms with Gasteiger partial charge in [-0.1, -0.05) is 59.6 Å². The third-order valence-electron chi connectivity index (χ3n) is 6.70. The highest BCUT2D eigenvalue weighted by Crippen LogP contribution is 2.43. The molecule has 0 spiro atoms. The maximum Gasteiger partial charge on any atom is 0.335 e. The average Bonchev–Trinajstić information content (AvgIpc) is 3.04. The summed E-state index contributed by atoms with van der Waals surface area (Å²) in [6, 6.07) is 18.8. The Morgan fingerprint density at radius 2 is 1.78 bits per heavy atom. The first kappa shape index (κ1) is 25.5. The van der Waals surface area contributed by atoms with Crippen LogP contribution in [0.15, 0.2) is 66.2 Å². The van der Waals surface area contributed by atoms with E-state index in [4.69, 9.17) is 27.9 Å². The van der Waals surface area contributed by atoms with Crippen LogP contribution in [0.3, 0.4) is 0 Å². The monoisotopic (exact) mass is 537 g/mol. The molecule has 0 aromatic heterocycles. The van der Waals surface area contributed by atoms with E-state index in [1.54, 1.807) is 24.3 Å². The van der Waals surface area contributed by atoms with Crippen molar-refractivity contribution in [3.63, 3.8) is 0 Å². The zero-order valence-electron chi connectivity index (χ0n) is 20.1. The van der Waals surface area contributed by atoms with Crippen LogP contribution in [0, 0.1) is 0 Å². The molecule has 4 nitrogen and oxygen atoms in total. The predicted octanol–water partition coefficient (Wildman–Crippen LogP) is 7.49. The van der Waals surface area contributed by atoms with E-state index < -0.39 is 5.97 Å². The zero-order valence-corrected chi connectivity index (χ0v) is 21.7. The molecule has 1 N–H and O–H groups in total. The lowest BCUT2D eigenvalue weighted by Gasteiger charge is -2.33. The molecule has 2 heterocycles. The normalized spacial score (nSPS) is 15.5. The first-order chi connectivity index (χ1) is 17.9. The van der Waals surface area contributed by atoms with Crippen LogP contribution < -0.4 is 4.74 Å². The van der Waals surface area contributed by atoms with E-state index in [0.717, 1.165) is 53.0 Å². The number of hydrogen-bond acceptors (Lipinski definition) is 3. The summed E-state index contributed by atoms with van der Waals surface area (Å²) < 4.78 is 18.4. The molecule has 190 valence electrons. The van der Waals surface area contributed by atoms with Crippen molar-refractivity contribution >= 4 is 46.4 Å². The number of carbonyl (C=O) groups is 1. The third-order valence-corrected chi connectivity index (χ3v) is 7.24. The van der Waals surface area contributed by atoms with Crippen LogP contribution in [0.4, 0.5) is 4.39 Å². The highest BCUT2D eigenvalue weighted by Gasteiger charge is 2.24. The minimum atomic E-state index is -1.00. The molecule has 3 aromatic rings. The van der Waals surface area contributed by atoms with Gasteiger partial charge in [-0.3, -0.25) is 9.29 Å². The van der Waals surface area contributed by atoms with Crippen molar-refractivity contribution in [2.24, 2.45) is 0 Å². The molecule has 2 aliphatic heterocycles. The van der Waals surface area contributed by atoms with Gasteiger partial charge in [0, 0.05) is 41.7 Å². The molecule has 0 atom stereocenters. The van der Waals surface area contributed by atoms with Crippen molar-refractivity contribution in [2.45, 2.75) is 12.8 Å². The minimum absolute atomic E-state index is 0.175. The van der Waals surface area contributed by atoms with Gasteiger partial charge in [-0.05, 0) is 70.2 Å². The SMILES string of the molecule is O=C(O)c1ccc2c(c1)OCCC(c1ccc(Cl)cc1Cl)=C2c1ccc(C=C2CN(CCCF)C2)cc1. The summed E-state index contributed by atoms with van der Waals surface area (Å²) in [4.78, 5) is 13.8. The van der Waals surface area contributed by atoms with Crippen molar-refractivity contribution in [2.75, 3.05) is 32.9 Å². The lowest BCUT2D eigenvalue weighted by Crippen LogP contribution is -2.40. The van der Waals surface area contributed by atoms with Crippen LogP contribution in [0.2, 0.25) is 10.0 Å². The lowest BCUT2D eigenvalue weighted by atomic mass is 9.87. The van der Waals surface area contributed by atoms with Crippen LogP contribution in [-0.4, -0.2) is 48.9 Å². The summed E-state index contributed by atoms with van der Waals surface area (Å²) in [7, 11) is 0. The summed E-state index contributed by atoms with van der Waals surface area (Å²) in [6.45, 7) is 2.66. The van der Waals surface area contributed by atoms with E-state index in [1.807, 2.05) is 12.1 Å². The summed E-state index contributed by atoms with van der Waals surface area (Å²) in [6.07, 6.45) is 3.36. The fraction of sp³-hybridized carbons (Fsp3) is 0.233. The van der Waals surface area contributed by atoms with Crippen LogP contribution in [0.1, 0.15) is 45.5 Å². The number of halogens is 3. The van der Waals surface area contributed by atoms with E-state index in [1.165, 1.54) is 5.57 Å². The molecule has 0 aliphatic carbocycles. The quantitative estimate of drug-likeness (QED) is 0.339. The topological polar surface area (TPSA) is 49.8 Å². The van der Waals surface area contributed by atoms with Gasteiger partial charge in [0.2, 0.25) is 0 Å². The Balaban J connectivity index is 1.55. The number of ether oxygens (including phenoxy) is 1. The Morgan fingerprint density at radius 1 is 1.03 bits per heavy atom. The maximum absolute atomic E-state index is 12.4. The Labute approximate surface area is 225 Å². The number of alkyl halides is 1. The van der Waals surface area contributed by atoms with E-state index in [2.05, 4.69) is 35.2 Å². The van der Waals surface area contributed by atoms with Crippen LogP contribution in [0.25, 0.3) is 17.2 Å². The molecule has 37 heavy (non-hydrogen) atoms. The fourth-order valence-electron chi connectivity index (χ4n) is 4.91. The molecular weight excluding hydrogens is 512 g/mol. The van der Waals surface area contributed by atoms with Crippen LogP contribution in [0.5, 0.6) is 5.75 Å². The van der Waals surface area contributed by atoms with Gasteiger partial charge < -0.3 is 9.84 Å². The molecule has 3 aromatic carbocycles. The Hall–Kier alpha value is -3.12.